The van der Waals surface area contributed by atoms with Gasteiger partial charge in [-0.15, -0.1) is 11.3 Å². The molecule has 2 N–H and O–H groups in total. The Morgan fingerprint density at radius 3 is 2.57 bits per heavy atom. The van der Waals surface area contributed by atoms with Gasteiger partial charge >= 0.3 is 5.97 Å². The number of carboxylic acid groups (broad SMARTS) is 1. The molecule has 1 unspecified atom stereocenters. The molecule has 1 saturated heterocycles. The zero-order valence-electron chi connectivity index (χ0n) is 13.2. The largest absolute Gasteiger partial charge is 0.477 e. The lowest BCUT2D eigenvalue weighted by molar-refractivity contribution is -0.163. The first-order valence-corrected chi connectivity index (χ1v) is 8.97. The van der Waals surface area contributed by atoms with Crippen molar-refractivity contribution in [3.05, 3.63) is 21.2 Å². The summed E-state index contributed by atoms with van der Waals surface area (Å²) in [5, 5.41) is 19.4. The average Bonchev–Trinajstić information content (AvgIpc) is 2.87. The maximum absolute atomic E-state index is 12.2. The number of aromatic nitrogens is 1. The molecule has 124 valence electrons. The number of nitrogens with zero attached hydrogens (tertiary/aromatic N) is 2. The summed E-state index contributed by atoms with van der Waals surface area (Å²) >= 11 is 2.84. The van der Waals surface area contributed by atoms with Crippen LogP contribution in [0.1, 0.15) is 24.4 Å². The monoisotopic (exact) mass is 354 g/mol. The molecule has 8 heteroatoms. The zero-order chi connectivity index (χ0) is 17.0. The van der Waals surface area contributed by atoms with Gasteiger partial charge in [0.1, 0.15) is 5.70 Å². The van der Waals surface area contributed by atoms with Gasteiger partial charge in [0.15, 0.2) is 4.34 Å². The molecule has 1 aromatic rings. The van der Waals surface area contributed by atoms with Crippen LogP contribution in [0.25, 0.3) is 0 Å². The van der Waals surface area contributed by atoms with Gasteiger partial charge in [-0.2, -0.15) is 0 Å². The number of aliphatic carboxylic acids is 1. The van der Waals surface area contributed by atoms with Gasteiger partial charge in [-0.1, -0.05) is 18.7 Å². The summed E-state index contributed by atoms with van der Waals surface area (Å²) in [5.41, 5.74) is 0.974. The summed E-state index contributed by atoms with van der Waals surface area (Å²) in [4.78, 5) is 31.5. The number of hydrogen-bond acceptors (Lipinski definition) is 6. The summed E-state index contributed by atoms with van der Waals surface area (Å²) in [6.45, 7) is 7.37. The summed E-state index contributed by atoms with van der Waals surface area (Å²) in [7, 11) is 0. The lowest BCUT2D eigenvalue weighted by Gasteiger charge is -2.46. The number of thioether (sulfide) groups is 1. The number of amides is 1. The number of aryl methyl sites for hydroxylation is 2. The summed E-state index contributed by atoms with van der Waals surface area (Å²) < 4.78 is 0.782. The number of fused-ring (bicyclic) bond motifs is 1. The van der Waals surface area contributed by atoms with Crippen molar-refractivity contribution < 1.29 is 19.8 Å². The highest BCUT2D eigenvalue weighted by Gasteiger charge is 2.60. The van der Waals surface area contributed by atoms with Crippen LogP contribution in [0, 0.1) is 25.7 Å². The van der Waals surface area contributed by atoms with E-state index in [1.54, 1.807) is 6.92 Å². The lowest BCUT2D eigenvalue weighted by Crippen LogP contribution is -2.63. The molecule has 23 heavy (non-hydrogen) atoms. The fourth-order valence-electron chi connectivity index (χ4n) is 3.24. The molecule has 0 aromatic carbocycles. The number of aliphatic hydroxyl groups is 1. The highest BCUT2D eigenvalue weighted by Crippen LogP contribution is 2.52. The van der Waals surface area contributed by atoms with Gasteiger partial charge in [-0.05, 0) is 20.8 Å². The molecule has 3 heterocycles. The van der Waals surface area contributed by atoms with Crippen LogP contribution >= 0.6 is 23.1 Å². The van der Waals surface area contributed by atoms with Gasteiger partial charge < -0.3 is 15.1 Å². The average molecular weight is 354 g/mol. The van der Waals surface area contributed by atoms with Crippen molar-refractivity contribution in [3.63, 3.8) is 0 Å². The Bertz CT molecular complexity index is 706. The highest BCUT2D eigenvalue weighted by atomic mass is 32.2. The number of carbonyl (C=O) groups is 2. The molecule has 2 aliphatic rings. The van der Waals surface area contributed by atoms with Crippen molar-refractivity contribution in [2.24, 2.45) is 11.8 Å². The van der Waals surface area contributed by atoms with Crippen molar-refractivity contribution in [3.8, 4) is 0 Å². The molecule has 0 spiro atoms. The zero-order valence-corrected chi connectivity index (χ0v) is 14.9. The first-order chi connectivity index (χ1) is 10.7. The van der Waals surface area contributed by atoms with E-state index >= 15 is 0 Å². The predicted molar refractivity (Wildman–Crippen MR) is 87.1 cm³/mol. The first kappa shape index (κ1) is 16.5. The van der Waals surface area contributed by atoms with Crippen LogP contribution in [0.15, 0.2) is 14.9 Å². The van der Waals surface area contributed by atoms with Gasteiger partial charge in [-0.3, -0.25) is 4.79 Å². The van der Waals surface area contributed by atoms with E-state index in [9.17, 15) is 19.8 Å². The lowest BCUT2D eigenvalue weighted by atomic mass is 9.79. The van der Waals surface area contributed by atoms with E-state index in [-0.39, 0.29) is 23.6 Å². The molecular formula is C15H18N2O4S2. The third-order valence-corrected chi connectivity index (χ3v) is 6.94. The summed E-state index contributed by atoms with van der Waals surface area (Å²) in [6, 6.07) is -0.279. The third kappa shape index (κ3) is 2.40. The van der Waals surface area contributed by atoms with Crippen molar-refractivity contribution in [1.29, 1.82) is 0 Å². The van der Waals surface area contributed by atoms with Crippen molar-refractivity contribution >= 4 is 35.0 Å². The van der Waals surface area contributed by atoms with E-state index in [0.717, 1.165) is 14.9 Å². The molecule has 2 aliphatic heterocycles. The van der Waals surface area contributed by atoms with Crippen LogP contribution in [0.3, 0.4) is 0 Å². The standard InChI is InChI=1S/C15H18N2O4S2/c1-5-10-9(7(3)18)13(19)17(10)11(14(20)21)12(5)23-15-16-6(2)8(4)22-15/h5,7,9-10,18H,1-4H3,(H,20,21)/t5-,7?,9+,10+/m1/s1. The second-order valence-electron chi connectivity index (χ2n) is 6.00. The van der Waals surface area contributed by atoms with Crippen LogP contribution in [-0.4, -0.2) is 44.1 Å². The van der Waals surface area contributed by atoms with Gasteiger partial charge in [0.25, 0.3) is 0 Å². The third-order valence-electron chi connectivity index (χ3n) is 4.52. The molecule has 0 bridgehead atoms. The van der Waals surface area contributed by atoms with Crippen LogP contribution in [0.5, 0.6) is 0 Å². The Morgan fingerprint density at radius 2 is 2.09 bits per heavy atom. The second-order valence-corrected chi connectivity index (χ2v) is 8.49. The molecule has 4 atom stereocenters. The van der Waals surface area contributed by atoms with Gasteiger partial charge in [0.05, 0.1) is 23.8 Å². The predicted octanol–water partition coefficient (Wildman–Crippen LogP) is 2.01. The van der Waals surface area contributed by atoms with Crippen LogP contribution < -0.4 is 0 Å². The maximum atomic E-state index is 12.2. The van der Waals surface area contributed by atoms with Crippen molar-refractivity contribution in [1.82, 2.24) is 9.88 Å². The van der Waals surface area contributed by atoms with Crippen molar-refractivity contribution in [2.75, 3.05) is 0 Å². The number of carboxylic acids is 1. The molecule has 3 rings (SSSR count). The molecular weight excluding hydrogens is 336 g/mol. The summed E-state index contributed by atoms with van der Waals surface area (Å²) in [5.74, 6) is -2.08. The van der Waals surface area contributed by atoms with E-state index < -0.39 is 18.0 Å². The van der Waals surface area contributed by atoms with Crippen LogP contribution in [0.4, 0.5) is 0 Å². The smallest absolute Gasteiger partial charge is 0.353 e. The van der Waals surface area contributed by atoms with E-state index in [0.29, 0.717) is 4.91 Å². The minimum Gasteiger partial charge on any atom is -0.477 e. The Morgan fingerprint density at radius 1 is 1.43 bits per heavy atom. The fourth-order valence-corrected chi connectivity index (χ4v) is 5.67. The van der Waals surface area contributed by atoms with Gasteiger partial charge in [0, 0.05) is 15.7 Å². The normalized spacial score (nSPS) is 28.0. The number of β-lactam (4-membered cyclic amide) rings is 1. The Hall–Kier alpha value is -1.38. The number of hydrogen-bond donors (Lipinski definition) is 2. The van der Waals surface area contributed by atoms with Gasteiger partial charge in [0.2, 0.25) is 5.91 Å². The second kappa shape index (κ2) is 5.61. The van der Waals surface area contributed by atoms with E-state index in [1.165, 1.54) is 28.0 Å². The van der Waals surface area contributed by atoms with E-state index in [2.05, 4.69) is 4.98 Å². The quantitative estimate of drug-likeness (QED) is 0.804. The highest BCUT2D eigenvalue weighted by molar-refractivity contribution is 8.04. The first-order valence-electron chi connectivity index (χ1n) is 7.34. The minimum atomic E-state index is -1.11. The van der Waals surface area contributed by atoms with Gasteiger partial charge in [-0.25, -0.2) is 9.78 Å². The number of thiazole rings is 1. The van der Waals surface area contributed by atoms with Crippen LogP contribution in [-0.2, 0) is 9.59 Å². The number of rotatable bonds is 4. The number of aliphatic hydroxyl groups excluding tert-OH is 1. The van der Waals surface area contributed by atoms with Crippen molar-refractivity contribution in [2.45, 2.75) is 44.2 Å². The molecule has 0 aliphatic carbocycles. The molecule has 6 nitrogen and oxygen atoms in total. The molecule has 1 fully saturated rings. The Balaban J connectivity index is 1.97. The molecule has 1 amide bonds. The Kier molecular flexibility index (Phi) is 4.02. The number of carbonyl (C=O) groups excluding carboxylic acids is 1. The van der Waals surface area contributed by atoms with E-state index in [4.69, 9.17) is 0 Å². The van der Waals surface area contributed by atoms with E-state index in [1.807, 2.05) is 20.8 Å². The molecule has 0 radical (unpaired) electrons. The summed E-state index contributed by atoms with van der Waals surface area (Å²) in [6.07, 6.45) is -0.782. The Labute approximate surface area is 142 Å². The minimum absolute atomic E-state index is 0.0416. The molecule has 0 saturated carbocycles. The topological polar surface area (TPSA) is 90.7 Å². The fraction of sp³-hybridized carbons (Fsp3) is 0.533. The van der Waals surface area contributed by atoms with Crippen LogP contribution in [0.2, 0.25) is 0 Å². The molecule has 1 aromatic heterocycles. The SMILES string of the molecule is Cc1nc(SC2=C(C(=O)O)N3C(=O)[C@@H](C(C)O)[C@@H]3[C@H]2C)sc1C. The maximum Gasteiger partial charge on any atom is 0.353 e.